The molecule has 2 aromatic carbocycles. The van der Waals surface area contributed by atoms with E-state index in [2.05, 4.69) is 0 Å². The maximum atomic E-state index is 12.7. The van der Waals surface area contributed by atoms with Crippen LogP contribution in [-0.2, 0) is 4.79 Å². The smallest absolute Gasteiger partial charge is 0.335 e. The fourth-order valence-electron chi connectivity index (χ4n) is 2.57. The van der Waals surface area contributed by atoms with Gasteiger partial charge in [0.15, 0.2) is 0 Å². The number of Topliss-reactive ketones (excluding diaryl/α,β-unsaturated/α-hetero) is 1. The molecule has 2 aromatic rings. The highest BCUT2D eigenvalue weighted by Gasteiger charge is 2.33. The molecule has 3 rings (SSSR count). The minimum Gasteiger partial charge on any atom is -0.478 e. The van der Waals surface area contributed by atoms with Crippen molar-refractivity contribution in [1.29, 1.82) is 0 Å². The standard InChI is InChI=1S/C18H12ClNO4/c1-20-15-6-5-11(18(23)24)9-13(15)16(21)14(17(20)22)8-10-3-2-4-12(19)7-10/h2-9H,1H3,(H,23,24)/b14-8+. The number of rotatable bonds is 2. The molecule has 0 fully saturated rings. The van der Waals surface area contributed by atoms with Crippen LogP contribution in [0.3, 0.4) is 0 Å². The van der Waals surface area contributed by atoms with Crippen LogP contribution in [0, 0.1) is 0 Å². The topological polar surface area (TPSA) is 74.7 Å². The molecule has 120 valence electrons. The van der Waals surface area contributed by atoms with E-state index >= 15 is 0 Å². The van der Waals surface area contributed by atoms with Crippen LogP contribution in [0.2, 0.25) is 5.02 Å². The third-order valence-electron chi connectivity index (χ3n) is 3.79. The van der Waals surface area contributed by atoms with Crippen molar-refractivity contribution >= 4 is 41.0 Å². The Morgan fingerprint density at radius 2 is 1.92 bits per heavy atom. The highest BCUT2D eigenvalue weighted by Crippen LogP contribution is 2.31. The summed E-state index contributed by atoms with van der Waals surface area (Å²) in [6.07, 6.45) is 1.46. The molecule has 0 saturated carbocycles. The number of carboxylic acids is 1. The quantitative estimate of drug-likeness (QED) is 0.672. The first-order valence-corrected chi connectivity index (χ1v) is 7.43. The molecule has 1 aliphatic heterocycles. The van der Waals surface area contributed by atoms with Gasteiger partial charge in [0.2, 0.25) is 5.78 Å². The second kappa shape index (κ2) is 5.94. The number of nitrogens with zero attached hydrogens (tertiary/aromatic N) is 1. The number of fused-ring (bicyclic) bond motifs is 1. The van der Waals surface area contributed by atoms with Crippen molar-refractivity contribution < 1.29 is 19.5 Å². The zero-order valence-electron chi connectivity index (χ0n) is 12.6. The van der Waals surface area contributed by atoms with Gasteiger partial charge in [-0.2, -0.15) is 0 Å². The summed E-state index contributed by atoms with van der Waals surface area (Å²) in [4.78, 5) is 37.6. The van der Waals surface area contributed by atoms with Gasteiger partial charge in [0.25, 0.3) is 5.91 Å². The first-order chi connectivity index (χ1) is 11.4. The minimum atomic E-state index is -1.13. The van der Waals surface area contributed by atoms with Crippen molar-refractivity contribution in [2.45, 2.75) is 0 Å². The Morgan fingerprint density at radius 3 is 2.58 bits per heavy atom. The third kappa shape index (κ3) is 2.70. The van der Waals surface area contributed by atoms with E-state index in [9.17, 15) is 14.4 Å². The van der Waals surface area contributed by atoms with Crippen molar-refractivity contribution in [3.8, 4) is 0 Å². The molecule has 0 unspecified atom stereocenters. The number of aromatic carboxylic acids is 1. The summed E-state index contributed by atoms with van der Waals surface area (Å²) in [6.45, 7) is 0. The number of hydrogen-bond donors (Lipinski definition) is 1. The summed E-state index contributed by atoms with van der Waals surface area (Å²) in [5, 5.41) is 9.59. The molecule has 0 aliphatic carbocycles. The van der Waals surface area contributed by atoms with E-state index in [1.54, 1.807) is 31.3 Å². The van der Waals surface area contributed by atoms with Crippen molar-refractivity contribution in [2.75, 3.05) is 11.9 Å². The maximum absolute atomic E-state index is 12.7. The molecule has 0 atom stereocenters. The number of carbonyl (C=O) groups excluding carboxylic acids is 2. The molecule has 5 nitrogen and oxygen atoms in total. The Hall–Kier alpha value is -2.92. The average molecular weight is 342 g/mol. The largest absolute Gasteiger partial charge is 0.478 e. The van der Waals surface area contributed by atoms with Gasteiger partial charge in [0.05, 0.1) is 16.8 Å². The van der Waals surface area contributed by atoms with Gasteiger partial charge in [-0.15, -0.1) is 0 Å². The van der Waals surface area contributed by atoms with Crippen LogP contribution in [0.15, 0.2) is 48.0 Å². The molecule has 1 N–H and O–H groups in total. The van der Waals surface area contributed by atoms with E-state index in [-0.39, 0.29) is 16.7 Å². The fraction of sp³-hybridized carbons (Fsp3) is 0.0556. The van der Waals surface area contributed by atoms with Gasteiger partial charge in [-0.05, 0) is 42.0 Å². The van der Waals surface area contributed by atoms with Crippen LogP contribution in [-0.4, -0.2) is 29.8 Å². The number of amides is 1. The van der Waals surface area contributed by atoms with Crippen LogP contribution in [0.1, 0.15) is 26.3 Å². The molecule has 1 amide bonds. The highest BCUT2D eigenvalue weighted by atomic mass is 35.5. The van der Waals surface area contributed by atoms with E-state index in [0.717, 1.165) is 0 Å². The van der Waals surface area contributed by atoms with Crippen LogP contribution >= 0.6 is 11.6 Å². The van der Waals surface area contributed by atoms with Crippen LogP contribution in [0.5, 0.6) is 0 Å². The number of ketones is 1. The summed E-state index contributed by atoms with van der Waals surface area (Å²) >= 11 is 5.93. The molecule has 0 radical (unpaired) electrons. The number of benzene rings is 2. The predicted molar refractivity (Wildman–Crippen MR) is 90.6 cm³/mol. The molecular formula is C18H12ClNO4. The van der Waals surface area contributed by atoms with Crippen LogP contribution in [0.4, 0.5) is 5.69 Å². The SMILES string of the molecule is CN1C(=O)/C(=C/c2cccc(Cl)c2)C(=O)c2cc(C(=O)O)ccc21. The number of carbonyl (C=O) groups is 3. The number of anilines is 1. The molecular weight excluding hydrogens is 330 g/mol. The van der Waals surface area contributed by atoms with Crippen molar-refractivity contribution in [3.63, 3.8) is 0 Å². The lowest BCUT2D eigenvalue weighted by atomic mass is 9.92. The first-order valence-electron chi connectivity index (χ1n) is 7.06. The zero-order valence-corrected chi connectivity index (χ0v) is 13.4. The lowest BCUT2D eigenvalue weighted by molar-refractivity contribution is -0.114. The molecule has 0 bridgehead atoms. The Morgan fingerprint density at radius 1 is 1.17 bits per heavy atom. The molecule has 0 saturated heterocycles. The first kappa shape index (κ1) is 16.0. The second-order valence-corrected chi connectivity index (χ2v) is 5.78. The lowest BCUT2D eigenvalue weighted by Crippen LogP contribution is -2.36. The Kier molecular flexibility index (Phi) is 3.95. The summed E-state index contributed by atoms with van der Waals surface area (Å²) in [6, 6.07) is 10.9. The van der Waals surface area contributed by atoms with Gasteiger partial charge < -0.3 is 10.0 Å². The van der Waals surface area contributed by atoms with Gasteiger partial charge in [-0.1, -0.05) is 23.7 Å². The van der Waals surface area contributed by atoms with E-state index in [0.29, 0.717) is 16.3 Å². The molecule has 0 spiro atoms. The van der Waals surface area contributed by atoms with Gasteiger partial charge >= 0.3 is 5.97 Å². The highest BCUT2D eigenvalue weighted by molar-refractivity contribution is 6.36. The number of carboxylic acid groups (broad SMARTS) is 1. The van der Waals surface area contributed by atoms with Gasteiger partial charge in [-0.25, -0.2) is 4.79 Å². The Labute approximate surface area is 142 Å². The second-order valence-electron chi connectivity index (χ2n) is 5.34. The minimum absolute atomic E-state index is 0.00745. The predicted octanol–water partition coefficient (Wildman–Crippen LogP) is 3.28. The van der Waals surface area contributed by atoms with Gasteiger partial charge in [0.1, 0.15) is 0 Å². The normalized spacial score (nSPS) is 15.6. The third-order valence-corrected chi connectivity index (χ3v) is 4.02. The van der Waals surface area contributed by atoms with E-state index in [1.807, 2.05) is 0 Å². The maximum Gasteiger partial charge on any atom is 0.335 e. The van der Waals surface area contributed by atoms with E-state index < -0.39 is 17.7 Å². The lowest BCUT2D eigenvalue weighted by Gasteiger charge is -2.26. The summed E-state index contributed by atoms with van der Waals surface area (Å²) in [5.41, 5.74) is 1.15. The van der Waals surface area contributed by atoms with Crippen molar-refractivity contribution in [1.82, 2.24) is 0 Å². The van der Waals surface area contributed by atoms with Crippen molar-refractivity contribution in [2.24, 2.45) is 0 Å². The Balaban J connectivity index is 2.14. The Bertz CT molecular complexity index is 917. The van der Waals surface area contributed by atoms with E-state index in [4.69, 9.17) is 16.7 Å². The molecule has 6 heteroatoms. The summed E-state index contributed by atoms with van der Waals surface area (Å²) in [7, 11) is 1.54. The molecule has 24 heavy (non-hydrogen) atoms. The van der Waals surface area contributed by atoms with Gasteiger partial charge in [0, 0.05) is 17.6 Å². The van der Waals surface area contributed by atoms with Crippen LogP contribution in [0.25, 0.3) is 6.08 Å². The monoisotopic (exact) mass is 341 g/mol. The molecule has 1 heterocycles. The van der Waals surface area contributed by atoms with Crippen LogP contribution < -0.4 is 4.90 Å². The number of likely N-dealkylation sites (N-methyl/N-ethyl adjacent to an activating group) is 1. The fourth-order valence-corrected chi connectivity index (χ4v) is 2.76. The average Bonchev–Trinajstić information content (AvgIpc) is 2.56. The zero-order chi connectivity index (χ0) is 17.4. The number of halogens is 1. The summed E-state index contributed by atoms with van der Waals surface area (Å²) < 4.78 is 0. The van der Waals surface area contributed by atoms with E-state index in [1.165, 1.54) is 29.2 Å². The molecule has 0 aromatic heterocycles. The van der Waals surface area contributed by atoms with Crippen molar-refractivity contribution in [3.05, 3.63) is 69.8 Å². The summed E-state index contributed by atoms with van der Waals surface area (Å²) in [5.74, 6) is -2.09. The number of hydrogen-bond acceptors (Lipinski definition) is 3. The van der Waals surface area contributed by atoms with Gasteiger partial charge in [-0.3, -0.25) is 9.59 Å². The molecule has 1 aliphatic rings.